The molecular weight excluding hydrogens is 447 g/mol. The third-order valence-corrected chi connectivity index (χ3v) is 6.48. The summed E-state index contributed by atoms with van der Waals surface area (Å²) >= 11 is 5.34. The van der Waals surface area contributed by atoms with Gasteiger partial charge in [0, 0.05) is 50.9 Å². The Morgan fingerprint density at radius 2 is 1.85 bits per heavy atom. The molecule has 3 heterocycles. The van der Waals surface area contributed by atoms with Crippen molar-refractivity contribution in [2.45, 2.75) is 12.8 Å². The van der Waals surface area contributed by atoms with E-state index in [0.717, 1.165) is 5.69 Å². The molecular formula is C23H23FN4O4S. The molecule has 1 aliphatic carbocycles. The molecule has 0 spiro atoms. The Morgan fingerprint density at radius 3 is 2.61 bits per heavy atom. The van der Waals surface area contributed by atoms with Crippen molar-refractivity contribution in [1.82, 2.24) is 9.80 Å². The number of rotatable bonds is 5. The second-order valence-corrected chi connectivity index (χ2v) is 8.55. The van der Waals surface area contributed by atoms with E-state index in [0.29, 0.717) is 62.8 Å². The van der Waals surface area contributed by atoms with Crippen LogP contribution >= 0.6 is 12.2 Å². The molecule has 4 aliphatic rings. The molecule has 3 aliphatic heterocycles. The number of allylic oxidation sites excluding steroid dienone is 1. The number of hydrogen-bond acceptors (Lipinski definition) is 6. The van der Waals surface area contributed by atoms with Gasteiger partial charge in [0.1, 0.15) is 11.7 Å². The highest BCUT2D eigenvalue weighted by atomic mass is 32.1. The van der Waals surface area contributed by atoms with Crippen molar-refractivity contribution in [2.24, 2.45) is 10.9 Å². The number of fused-ring (bicyclic) bond motifs is 2. The van der Waals surface area contributed by atoms with Crippen LogP contribution in [-0.4, -0.2) is 72.0 Å². The Bertz CT molecular complexity index is 1080. The van der Waals surface area contributed by atoms with Crippen LogP contribution in [-0.2, 0) is 19.1 Å². The van der Waals surface area contributed by atoms with E-state index in [9.17, 15) is 14.0 Å². The van der Waals surface area contributed by atoms with Crippen LogP contribution in [0.25, 0.3) is 0 Å². The number of halogens is 1. The van der Waals surface area contributed by atoms with Crippen molar-refractivity contribution in [3.63, 3.8) is 0 Å². The minimum absolute atomic E-state index is 0.0530. The van der Waals surface area contributed by atoms with Gasteiger partial charge in [0.15, 0.2) is 11.5 Å². The molecule has 1 unspecified atom stereocenters. The highest BCUT2D eigenvalue weighted by Gasteiger charge is 2.38. The average molecular weight is 471 g/mol. The minimum atomic E-state index is -0.549. The average Bonchev–Trinajstić information content (AvgIpc) is 3.28. The smallest absolute Gasteiger partial charge is 0.241 e. The van der Waals surface area contributed by atoms with Gasteiger partial charge in [0.05, 0.1) is 5.71 Å². The minimum Gasteiger partial charge on any atom is -0.454 e. The van der Waals surface area contributed by atoms with Crippen molar-refractivity contribution in [1.29, 1.82) is 0 Å². The predicted octanol–water partition coefficient (Wildman–Crippen LogP) is 2.22. The van der Waals surface area contributed by atoms with Gasteiger partial charge in [-0.15, -0.1) is 0 Å². The van der Waals surface area contributed by atoms with E-state index in [1.54, 1.807) is 24.3 Å². The fraction of sp³-hybridized carbons (Fsp3) is 0.391. The van der Waals surface area contributed by atoms with E-state index in [1.807, 2.05) is 4.90 Å². The van der Waals surface area contributed by atoms with E-state index in [1.165, 1.54) is 17.0 Å². The molecule has 2 amide bonds. The maximum atomic E-state index is 13.1. The molecule has 0 aromatic heterocycles. The predicted molar refractivity (Wildman–Crippen MR) is 123 cm³/mol. The SMILES string of the molecule is O=C(CCCN1C(=O)C2C=C3OCOC3=CC2=NC1=S)N1CCN(c2ccc(F)cc2)CC1. The van der Waals surface area contributed by atoms with Crippen LogP contribution in [0, 0.1) is 11.7 Å². The lowest BCUT2D eigenvalue weighted by molar-refractivity contribution is -0.132. The van der Waals surface area contributed by atoms with Gasteiger partial charge in [-0.2, -0.15) is 0 Å². The summed E-state index contributed by atoms with van der Waals surface area (Å²) in [4.78, 5) is 35.5. The van der Waals surface area contributed by atoms with Crippen LogP contribution in [0.15, 0.2) is 52.9 Å². The number of aliphatic imine (C=N–C) groups is 1. The van der Waals surface area contributed by atoms with Gasteiger partial charge in [-0.1, -0.05) is 0 Å². The maximum absolute atomic E-state index is 13.1. The first-order valence-electron chi connectivity index (χ1n) is 10.9. The van der Waals surface area contributed by atoms with E-state index in [4.69, 9.17) is 21.7 Å². The lowest BCUT2D eigenvalue weighted by Crippen LogP contribution is -2.49. The summed E-state index contributed by atoms with van der Waals surface area (Å²) in [6.07, 6.45) is 4.23. The molecule has 0 radical (unpaired) electrons. The highest BCUT2D eigenvalue weighted by Crippen LogP contribution is 2.31. The topological polar surface area (TPSA) is 74.7 Å². The monoisotopic (exact) mass is 470 g/mol. The third kappa shape index (κ3) is 4.35. The number of piperazine rings is 1. The number of ether oxygens (including phenoxy) is 2. The largest absolute Gasteiger partial charge is 0.454 e. The number of carbonyl (C=O) groups is 2. The zero-order chi connectivity index (χ0) is 22.9. The number of nitrogens with zero attached hydrogens (tertiary/aromatic N) is 4. The molecule has 0 saturated carbocycles. The van der Waals surface area contributed by atoms with Crippen molar-refractivity contribution in [2.75, 3.05) is 44.4 Å². The standard InChI is InChI=1S/C23H23FN4O4S/c24-15-3-5-16(6-4-15)26-8-10-27(11-9-26)21(29)2-1-7-28-22(30)17-12-19-20(32-14-31-19)13-18(17)25-23(28)33/h3-6,12-13,17H,1-2,7-11,14H2. The Morgan fingerprint density at radius 1 is 1.12 bits per heavy atom. The molecule has 8 nitrogen and oxygen atoms in total. The number of amides is 2. The summed E-state index contributed by atoms with van der Waals surface area (Å²) in [5.74, 6) is 0.200. The van der Waals surface area contributed by atoms with Gasteiger partial charge < -0.3 is 19.3 Å². The summed E-state index contributed by atoms with van der Waals surface area (Å²) < 4.78 is 23.9. The van der Waals surface area contributed by atoms with Crippen LogP contribution < -0.4 is 4.90 Å². The van der Waals surface area contributed by atoms with Crippen LogP contribution in [0.4, 0.5) is 10.1 Å². The van der Waals surface area contributed by atoms with Crippen LogP contribution in [0.5, 0.6) is 0 Å². The zero-order valence-electron chi connectivity index (χ0n) is 17.9. The molecule has 1 atom stereocenters. The second kappa shape index (κ2) is 8.93. The molecule has 2 saturated heterocycles. The summed E-state index contributed by atoms with van der Waals surface area (Å²) in [6.45, 7) is 3.07. The molecule has 10 heteroatoms. The summed E-state index contributed by atoms with van der Waals surface area (Å²) in [5, 5.41) is 0.208. The van der Waals surface area contributed by atoms with Gasteiger partial charge in [-0.3, -0.25) is 14.5 Å². The molecule has 0 N–H and O–H groups in total. The maximum Gasteiger partial charge on any atom is 0.241 e. The number of carbonyl (C=O) groups excluding carboxylic acids is 2. The number of thiocarbonyl (C=S) groups is 1. The molecule has 172 valence electrons. The number of benzene rings is 1. The van der Waals surface area contributed by atoms with Crippen molar-refractivity contribution in [3.05, 3.63) is 53.8 Å². The lowest BCUT2D eigenvalue weighted by atomic mass is 9.94. The molecule has 2 fully saturated rings. The van der Waals surface area contributed by atoms with E-state index in [2.05, 4.69) is 9.89 Å². The molecule has 0 bridgehead atoms. The van der Waals surface area contributed by atoms with Crippen molar-refractivity contribution < 1.29 is 23.5 Å². The fourth-order valence-electron chi connectivity index (χ4n) is 4.35. The first kappa shape index (κ1) is 21.6. The Labute approximate surface area is 195 Å². The second-order valence-electron chi connectivity index (χ2n) is 8.18. The fourth-order valence-corrected chi connectivity index (χ4v) is 4.64. The van der Waals surface area contributed by atoms with Gasteiger partial charge in [0.25, 0.3) is 0 Å². The Hall–Kier alpha value is -3.27. The summed E-state index contributed by atoms with van der Waals surface area (Å²) in [6, 6.07) is 6.40. The molecule has 1 aromatic carbocycles. The summed E-state index contributed by atoms with van der Waals surface area (Å²) in [5.41, 5.74) is 1.51. The molecule has 33 heavy (non-hydrogen) atoms. The van der Waals surface area contributed by atoms with Crippen LogP contribution in [0.3, 0.4) is 0 Å². The van der Waals surface area contributed by atoms with E-state index < -0.39 is 5.92 Å². The lowest BCUT2D eigenvalue weighted by Gasteiger charge is -2.36. The first-order valence-corrected chi connectivity index (χ1v) is 11.3. The molecule has 5 rings (SSSR count). The summed E-state index contributed by atoms with van der Waals surface area (Å²) in [7, 11) is 0. The van der Waals surface area contributed by atoms with Gasteiger partial charge in [0.2, 0.25) is 23.7 Å². The van der Waals surface area contributed by atoms with Crippen LogP contribution in [0.2, 0.25) is 0 Å². The van der Waals surface area contributed by atoms with Crippen molar-refractivity contribution in [3.8, 4) is 0 Å². The third-order valence-electron chi connectivity index (χ3n) is 6.17. The number of hydrogen-bond donors (Lipinski definition) is 0. The van der Waals surface area contributed by atoms with E-state index >= 15 is 0 Å². The Kier molecular flexibility index (Phi) is 5.84. The normalized spacial score (nSPS) is 22.0. The Balaban J connectivity index is 1.12. The van der Waals surface area contributed by atoms with Gasteiger partial charge >= 0.3 is 0 Å². The van der Waals surface area contributed by atoms with Gasteiger partial charge in [-0.05, 0) is 49.0 Å². The zero-order valence-corrected chi connectivity index (χ0v) is 18.7. The quantitative estimate of drug-likeness (QED) is 0.615. The molecule has 1 aromatic rings. The number of anilines is 1. The van der Waals surface area contributed by atoms with Crippen molar-refractivity contribution >= 4 is 40.5 Å². The highest BCUT2D eigenvalue weighted by molar-refractivity contribution is 7.80. The van der Waals surface area contributed by atoms with E-state index in [-0.39, 0.29) is 29.5 Å². The van der Waals surface area contributed by atoms with Crippen LogP contribution in [0.1, 0.15) is 12.8 Å². The first-order chi connectivity index (χ1) is 16.0. The van der Waals surface area contributed by atoms with Gasteiger partial charge in [-0.25, -0.2) is 9.38 Å².